The summed E-state index contributed by atoms with van der Waals surface area (Å²) in [4.78, 5) is 16.1. The van der Waals surface area contributed by atoms with Gasteiger partial charge in [-0.15, -0.1) is 0 Å². The number of amides is 1. The third-order valence-corrected chi connectivity index (χ3v) is 4.61. The molecule has 23 heavy (non-hydrogen) atoms. The first-order valence-corrected chi connectivity index (χ1v) is 8.72. The molecular formula is C15H20N4O3S. The third-order valence-electron chi connectivity index (χ3n) is 3.36. The van der Waals surface area contributed by atoms with E-state index in [4.69, 9.17) is 0 Å². The Kier molecular flexibility index (Phi) is 5.05. The van der Waals surface area contributed by atoms with E-state index in [1.807, 2.05) is 13.8 Å². The minimum atomic E-state index is -3.84. The average molecular weight is 336 g/mol. The fourth-order valence-electron chi connectivity index (χ4n) is 1.90. The Morgan fingerprint density at radius 3 is 2.65 bits per heavy atom. The molecule has 0 fully saturated rings. The van der Waals surface area contributed by atoms with Crippen LogP contribution < -0.4 is 10.0 Å². The lowest BCUT2D eigenvalue weighted by Crippen LogP contribution is -2.32. The molecule has 1 heterocycles. The molecule has 2 aromatic rings. The van der Waals surface area contributed by atoms with Crippen LogP contribution in [-0.2, 0) is 17.1 Å². The van der Waals surface area contributed by atoms with Gasteiger partial charge in [-0.3, -0.25) is 9.52 Å². The van der Waals surface area contributed by atoms with Gasteiger partial charge in [0.1, 0.15) is 0 Å². The maximum Gasteiger partial charge on any atom is 0.280 e. The molecule has 1 amide bonds. The van der Waals surface area contributed by atoms with Crippen LogP contribution in [0, 0.1) is 0 Å². The Balaban J connectivity index is 2.29. The van der Waals surface area contributed by atoms with Crippen molar-refractivity contribution in [2.75, 3.05) is 4.72 Å². The highest BCUT2D eigenvalue weighted by molar-refractivity contribution is 7.92. The highest BCUT2D eigenvalue weighted by atomic mass is 32.2. The molecular weight excluding hydrogens is 316 g/mol. The van der Waals surface area contributed by atoms with Crippen LogP contribution in [-0.4, -0.2) is 29.9 Å². The minimum Gasteiger partial charge on any atom is -0.350 e. The van der Waals surface area contributed by atoms with Gasteiger partial charge in [-0.2, -0.15) is 8.42 Å². The van der Waals surface area contributed by atoms with Crippen molar-refractivity contribution in [1.82, 2.24) is 14.9 Å². The van der Waals surface area contributed by atoms with Crippen molar-refractivity contribution in [3.63, 3.8) is 0 Å². The summed E-state index contributed by atoms with van der Waals surface area (Å²) in [7, 11) is -2.16. The van der Waals surface area contributed by atoms with Gasteiger partial charge in [0.2, 0.25) is 0 Å². The number of sulfonamides is 1. The number of aryl methyl sites for hydroxylation is 1. The summed E-state index contributed by atoms with van der Waals surface area (Å²) >= 11 is 0. The number of nitrogens with zero attached hydrogens (tertiary/aromatic N) is 2. The maximum atomic E-state index is 12.3. The monoisotopic (exact) mass is 336 g/mol. The van der Waals surface area contributed by atoms with Gasteiger partial charge in [0, 0.05) is 19.3 Å². The summed E-state index contributed by atoms with van der Waals surface area (Å²) in [5.74, 6) is -0.321. The fourth-order valence-corrected chi connectivity index (χ4v) is 2.96. The zero-order valence-corrected chi connectivity index (χ0v) is 14.1. The number of benzene rings is 1. The summed E-state index contributed by atoms with van der Waals surface area (Å²) in [6.07, 6.45) is 3.58. The molecule has 0 saturated carbocycles. The Bertz CT molecular complexity index is 799. The van der Waals surface area contributed by atoms with Crippen molar-refractivity contribution in [2.24, 2.45) is 7.05 Å². The lowest BCUT2D eigenvalue weighted by Gasteiger charge is -2.14. The average Bonchev–Trinajstić information content (AvgIpc) is 2.94. The largest absolute Gasteiger partial charge is 0.350 e. The molecule has 0 aliphatic carbocycles. The molecule has 0 bridgehead atoms. The predicted molar refractivity (Wildman–Crippen MR) is 87.7 cm³/mol. The molecule has 0 unspecified atom stereocenters. The van der Waals surface area contributed by atoms with Crippen molar-refractivity contribution in [3.8, 4) is 0 Å². The molecule has 0 saturated heterocycles. The van der Waals surface area contributed by atoms with Gasteiger partial charge in [0.25, 0.3) is 15.9 Å². The lowest BCUT2D eigenvalue weighted by molar-refractivity contribution is 0.0940. The zero-order chi connectivity index (χ0) is 17.0. The summed E-state index contributed by atoms with van der Waals surface area (Å²) in [6, 6.07) is 6.48. The van der Waals surface area contributed by atoms with E-state index >= 15 is 0 Å². The van der Waals surface area contributed by atoms with Crippen LogP contribution in [0.1, 0.15) is 30.6 Å². The molecule has 0 aliphatic rings. The second-order valence-corrected chi connectivity index (χ2v) is 6.94. The van der Waals surface area contributed by atoms with Crippen molar-refractivity contribution in [1.29, 1.82) is 0 Å². The van der Waals surface area contributed by atoms with Crippen molar-refractivity contribution in [3.05, 3.63) is 42.4 Å². The first kappa shape index (κ1) is 17.0. The standard InChI is InChI=1S/C15H20N4O3S/c1-4-11(2)17-15(20)12-7-5-6-8-13(12)18-23(21,22)14-9-19(3)10-16-14/h5-11,18H,4H2,1-3H3,(H,17,20)/t11-/m0/s1. The molecule has 7 nitrogen and oxygen atoms in total. The van der Waals surface area contributed by atoms with Gasteiger partial charge >= 0.3 is 0 Å². The van der Waals surface area contributed by atoms with Crippen molar-refractivity contribution < 1.29 is 13.2 Å². The number of para-hydroxylation sites is 1. The number of rotatable bonds is 6. The summed E-state index contributed by atoms with van der Waals surface area (Å²) < 4.78 is 28.7. The third kappa shape index (κ3) is 4.10. The van der Waals surface area contributed by atoms with E-state index in [0.29, 0.717) is 0 Å². The van der Waals surface area contributed by atoms with E-state index in [2.05, 4.69) is 15.0 Å². The van der Waals surface area contributed by atoms with Crippen molar-refractivity contribution >= 4 is 21.6 Å². The van der Waals surface area contributed by atoms with E-state index < -0.39 is 10.0 Å². The summed E-state index contributed by atoms with van der Waals surface area (Å²) in [5, 5.41) is 2.72. The number of hydrogen-bond donors (Lipinski definition) is 2. The molecule has 124 valence electrons. The number of hydrogen-bond acceptors (Lipinski definition) is 4. The molecule has 2 rings (SSSR count). The van der Waals surface area contributed by atoms with Gasteiger partial charge < -0.3 is 9.88 Å². The Labute approximate surface area is 135 Å². The molecule has 0 radical (unpaired) electrons. The van der Waals surface area contributed by atoms with Crippen LogP contribution >= 0.6 is 0 Å². The fraction of sp³-hybridized carbons (Fsp3) is 0.333. The highest BCUT2D eigenvalue weighted by Gasteiger charge is 2.21. The van der Waals surface area contributed by atoms with Crippen LogP contribution in [0.5, 0.6) is 0 Å². The number of anilines is 1. The lowest BCUT2D eigenvalue weighted by atomic mass is 10.1. The molecule has 1 aromatic carbocycles. The molecule has 2 N–H and O–H groups in total. The van der Waals surface area contributed by atoms with Crippen LogP contribution in [0.25, 0.3) is 0 Å². The predicted octanol–water partition coefficient (Wildman–Crippen LogP) is 1.75. The maximum absolute atomic E-state index is 12.3. The van der Waals surface area contributed by atoms with Gasteiger partial charge in [0.15, 0.2) is 5.03 Å². The van der Waals surface area contributed by atoms with Crippen molar-refractivity contribution in [2.45, 2.75) is 31.3 Å². The number of aromatic nitrogens is 2. The first-order valence-electron chi connectivity index (χ1n) is 7.24. The number of carbonyl (C=O) groups is 1. The number of imidazole rings is 1. The van der Waals surface area contributed by atoms with E-state index in [1.165, 1.54) is 17.1 Å². The topological polar surface area (TPSA) is 93.1 Å². The normalized spacial score (nSPS) is 12.7. The van der Waals surface area contributed by atoms with E-state index in [0.717, 1.165) is 6.42 Å². The van der Waals surface area contributed by atoms with Crippen LogP contribution in [0.3, 0.4) is 0 Å². The Hall–Kier alpha value is -2.35. The second kappa shape index (κ2) is 6.82. The second-order valence-electron chi connectivity index (χ2n) is 5.31. The molecule has 8 heteroatoms. The SMILES string of the molecule is CC[C@H](C)NC(=O)c1ccccc1NS(=O)(=O)c1cn(C)cn1. The van der Waals surface area contributed by atoms with Crippen LogP contribution in [0.2, 0.25) is 0 Å². The molecule has 1 atom stereocenters. The quantitative estimate of drug-likeness (QED) is 0.840. The van der Waals surface area contributed by atoms with E-state index in [9.17, 15) is 13.2 Å². The highest BCUT2D eigenvalue weighted by Crippen LogP contribution is 2.19. The Morgan fingerprint density at radius 2 is 2.04 bits per heavy atom. The van der Waals surface area contributed by atoms with Gasteiger partial charge in [-0.25, -0.2) is 4.98 Å². The molecule has 0 aliphatic heterocycles. The minimum absolute atomic E-state index is 0.00273. The smallest absolute Gasteiger partial charge is 0.280 e. The molecule has 0 spiro atoms. The summed E-state index contributed by atoms with van der Waals surface area (Å²) in [5.41, 5.74) is 0.492. The number of carbonyl (C=O) groups excluding carboxylic acids is 1. The zero-order valence-electron chi connectivity index (χ0n) is 13.3. The van der Waals surface area contributed by atoms with Gasteiger partial charge in [-0.05, 0) is 25.5 Å². The summed E-state index contributed by atoms with van der Waals surface area (Å²) in [6.45, 7) is 3.85. The van der Waals surface area contributed by atoms with Gasteiger partial charge in [-0.1, -0.05) is 19.1 Å². The van der Waals surface area contributed by atoms with Gasteiger partial charge in [0.05, 0.1) is 17.6 Å². The Morgan fingerprint density at radius 1 is 1.35 bits per heavy atom. The van der Waals surface area contributed by atoms with E-state index in [-0.39, 0.29) is 28.2 Å². The van der Waals surface area contributed by atoms with E-state index in [1.54, 1.807) is 31.3 Å². The van der Waals surface area contributed by atoms with Crippen LogP contribution in [0.4, 0.5) is 5.69 Å². The molecule has 1 aromatic heterocycles. The first-order chi connectivity index (χ1) is 10.8. The number of nitrogens with one attached hydrogen (secondary N) is 2. The van der Waals surface area contributed by atoms with Crippen LogP contribution in [0.15, 0.2) is 41.8 Å².